The van der Waals surface area contributed by atoms with E-state index in [1.807, 2.05) is 13.0 Å². The fourth-order valence-corrected chi connectivity index (χ4v) is 2.17. The summed E-state index contributed by atoms with van der Waals surface area (Å²) >= 11 is 2.31. The topological polar surface area (TPSA) is 24.9 Å². The summed E-state index contributed by atoms with van der Waals surface area (Å²) in [5, 5.41) is 3.36. The zero-order valence-corrected chi connectivity index (χ0v) is 12.4. The molecule has 0 saturated carbocycles. The first-order valence-electron chi connectivity index (χ1n) is 5.70. The monoisotopic (exact) mass is 356 g/mol. The Balaban J connectivity index is 2.13. The SMILES string of the molecule is Cc1ccc(NC(C)c2ccc(F)cn2)cc1I. The number of nitrogens with zero attached hydrogens (tertiary/aromatic N) is 1. The lowest BCUT2D eigenvalue weighted by Gasteiger charge is -2.15. The fourth-order valence-electron chi connectivity index (χ4n) is 1.65. The molecule has 1 N–H and O–H groups in total. The Morgan fingerprint density at radius 3 is 2.67 bits per heavy atom. The number of pyridine rings is 1. The van der Waals surface area contributed by atoms with E-state index in [2.05, 4.69) is 51.9 Å². The average molecular weight is 356 g/mol. The lowest BCUT2D eigenvalue weighted by molar-refractivity contribution is 0.617. The number of rotatable bonds is 3. The molecule has 1 unspecified atom stereocenters. The van der Waals surface area contributed by atoms with Crippen molar-refractivity contribution < 1.29 is 4.39 Å². The molecule has 0 aliphatic heterocycles. The summed E-state index contributed by atoms with van der Waals surface area (Å²) in [5.41, 5.74) is 3.13. The van der Waals surface area contributed by atoms with Crippen LogP contribution in [0.3, 0.4) is 0 Å². The summed E-state index contributed by atoms with van der Waals surface area (Å²) in [6.45, 7) is 4.09. The van der Waals surface area contributed by atoms with Gasteiger partial charge in [0.05, 0.1) is 17.9 Å². The molecule has 0 fully saturated rings. The second-order valence-corrected chi connectivity index (χ2v) is 5.39. The van der Waals surface area contributed by atoms with Gasteiger partial charge in [-0.1, -0.05) is 6.07 Å². The van der Waals surface area contributed by atoms with Crippen molar-refractivity contribution in [2.75, 3.05) is 5.32 Å². The third-order valence-corrected chi connectivity index (χ3v) is 3.91. The summed E-state index contributed by atoms with van der Waals surface area (Å²) in [7, 11) is 0. The fraction of sp³-hybridized carbons (Fsp3) is 0.214. The van der Waals surface area contributed by atoms with E-state index in [0.29, 0.717) is 0 Å². The molecule has 18 heavy (non-hydrogen) atoms. The minimum atomic E-state index is -0.309. The summed E-state index contributed by atoms with van der Waals surface area (Å²) < 4.78 is 14.0. The van der Waals surface area contributed by atoms with Gasteiger partial charge in [0.1, 0.15) is 5.82 Å². The van der Waals surface area contributed by atoms with E-state index in [0.717, 1.165) is 11.4 Å². The first-order chi connectivity index (χ1) is 8.56. The molecular weight excluding hydrogens is 342 g/mol. The molecule has 0 saturated heterocycles. The molecule has 0 spiro atoms. The van der Waals surface area contributed by atoms with Gasteiger partial charge in [-0.2, -0.15) is 0 Å². The van der Waals surface area contributed by atoms with E-state index in [1.165, 1.54) is 21.4 Å². The highest BCUT2D eigenvalue weighted by atomic mass is 127. The van der Waals surface area contributed by atoms with Crippen molar-refractivity contribution >= 4 is 28.3 Å². The highest BCUT2D eigenvalue weighted by Crippen LogP contribution is 2.21. The molecule has 0 aliphatic rings. The lowest BCUT2D eigenvalue weighted by atomic mass is 10.2. The van der Waals surface area contributed by atoms with Crippen LogP contribution in [0.2, 0.25) is 0 Å². The summed E-state index contributed by atoms with van der Waals surface area (Å²) in [6, 6.07) is 9.39. The second kappa shape index (κ2) is 5.65. The second-order valence-electron chi connectivity index (χ2n) is 4.23. The smallest absolute Gasteiger partial charge is 0.141 e. The third-order valence-electron chi connectivity index (χ3n) is 2.75. The van der Waals surface area contributed by atoms with Crippen molar-refractivity contribution in [1.29, 1.82) is 0 Å². The largest absolute Gasteiger partial charge is 0.377 e. The van der Waals surface area contributed by atoms with Gasteiger partial charge in [0, 0.05) is 9.26 Å². The predicted octanol–water partition coefficient (Wildman–Crippen LogP) is 4.31. The van der Waals surface area contributed by atoms with Gasteiger partial charge >= 0.3 is 0 Å². The summed E-state index contributed by atoms with van der Waals surface area (Å²) in [6.07, 6.45) is 1.24. The van der Waals surface area contributed by atoms with Crippen LogP contribution in [0.4, 0.5) is 10.1 Å². The number of nitrogens with one attached hydrogen (secondary N) is 1. The van der Waals surface area contributed by atoms with Gasteiger partial charge in [-0.3, -0.25) is 4.98 Å². The first kappa shape index (κ1) is 13.3. The van der Waals surface area contributed by atoms with Crippen LogP contribution in [0.25, 0.3) is 0 Å². The predicted molar refractivity (Wildman–Crippen MR) is 80.1 cm³/mol. The van der Waals surface area contributed by atoms with E-state index in [-0.39, 0.29) is 11.9 Å². The van der Waals surface area contributed by atoms with E-state index in [9.17, 15) is 4.39 Å². The lowest BCUT2D eigenvalue weighted by Crippen LogP contribution is -2.08. The van der Waals surface area contributed by atoms with Crippen molar-refractivity contribution in [3.63, 3.8) is 0 Å². The zero-order valence-electron chi connectivity index (χ0n) is 10.2. The highest BCUT2D eigenvalue weighted by Gasteiger charge is 2.07. The van der Waals surface area contributed by atoms with Crippen molar-refractivity contribution in [1.82, 2.24) is 4.98 Å². The van der Waals surface area contributed by atoms with E-state index >= 15 is 0 Å². The molecular formula is C14H14FIN2. The van der Waals surface area contributed by atoms with Crippen molar-refractivity contribution in [3.8, 4) is 0 Å². The Labute approximate surface area is 120 Å². The van der Waals surface area contributed by atoms with Crippen LogP contribution in [0.15, 0.2) is 36.5 Å². The molecule has 94 valence electrons. The van der Waals surface area contributed by atoms with Gasteiger partial charge in [-0.15, -0.1) is 0 Å². The Kier molecular flexibility index (Phi) is 4.16. The maximum absolute atomic E-state index is 12.8. The highest BCUT2D eigenvalue weighted by molar-refractivity contribution is 14.1. The molecule has 0 radical (unpaired) electrons. The third kappa shape index (κ3) is 3.19. The molecule has 1 atom stereocenters. The molecule has 0 bridgehead atoms. The van der Waals surface area contributed by atoms with Crippen LogP contribution in [-0.2, 0) is 0 Å². The summed E-state index contributed by atoms with van der Waals surface area (Å²) in [5.74, 6) is -0.309. The minimum Gasteiger partial charge on any atom is -0.377 e. The number of hydrogen-bond donors (Lipinski definition) is 1. The molecule has 4 heteroatoms. The Morgan fingerprint density at radius 2 is 2.06 bits per heavy atom. The Bertz CT molecular complexity index is 540. The van der Waals surface area contributed by atoms with E-state index < -0.39 is 0 Å². The van der Waals surface area contributed by atoms with E-state index in [1.54, 1.807) is 6.07 Å². The van der Waals surface area contributed by atoms with Crippen LogP contribution in [0.1, 0.15) is 24.2 Å². The molecule has 2 aromatic rings. The van der Waals surface area contributed by atoms with E-state index in [4.69, 9.17) is 0 Å². The number of aromatic nitrogens is 1. The maximum Gasteiger partial charge on any atom is 0.141 e. The van der Waals surface area contributed by atoms with Crippen LogP contribution >= 0.6 is 22.6 Å². The molecule has 2 nitrogen and oxygen atoms in total. The number of aryl methyl sites for hydroxylation is 1. The maximum atomic E-state index is 12.8. The molecule has 1 aromatic carbocycles. The van der Waals surface area contributed by atoms with Gasteiger partial charge in [-0.25, -0.2) is 4.39 Å². The number of benzene rings is 1. The molecule has 2 rings (SSSR count). The summed E-state index contributed by atoms with van der Waals surface area (Å²) in [4.78, 5) is 4.07. The van der Waals surface area contributed by atoms with Crippen LogP contribution < -0.4 is 5.32 Å². The van der Waals surface area contributed by atoms with Gasteiger partial charge in [0.25, 0.3) is 0 Å². The van der Waals surface area contributed by atoms with Crippen molar-refractivity contribution in [2.24, 2.45) is 0 Å². The van der Waals surface area contributed by atoms with Gasteiger partial charge in [0.2, 0.25) is 0 Å². The standard InChI is InChI=1S/C14H14FIN2/c1-9-3-5-12(7-13(9)16)18-10(2)14-6-4-11(15)8-17-14/h3-8,10,18H,1-2H3. The van der Waals surface area contributed by atoms with Gasteiger partial charge in [0.15, 0.2) is 0 Å². The van der Waals surface area contributed by atoms with Crippen LogP contribution in [-0.4, -0.2) is 4.98 Å². The zero-order chi connectivity index (χ0) is 13.1. The van der Waals surface area contributed by atoms with Crippen LogP contribution in [0.5, 0.6) is 0 Å². The Morgan fingerprint density at radius 1 is 1.28 bits per heavy atom. The quantitative estimate of drug-likeness (QED) is 0.830. The van der Waals surface area contributed by atoms with Crippen LogP contribution in [0, 0.1) is 16.3 Å². The number of hydrogen-bond acceptors (Lipinski definition) is 2. The normalized spacial score (nSPS) is 12.2. The Hall–Kier alpha value is -1.17. The number of halogens is 2. The molecule has 1 aromatic heterocycles. The molecule has 0 amide bonds. The van der Waals surface area contributed by atoms with Gasteiger partial charge in [-0.05, 0) is 66.3 Å². The van der Waals surface area contributed by atoms with Gasteiger partial charge < -0.3 is 5.32 Å². The number of anilines is 1. The molecule has 0 aliphatic carbocycles. The first-order valence-corrected chi connectivity index (χ1v) is 6.78. The minimum absolute atomic E-state index is 0.0455. The molecule has 1 heterocycles. The van der Waals surface area contributed by atoms with Crippen molar-refractivity contribution in [2.45, 2.75) is 19.9 Å². The average Bonchev–Trinajstić information content (AvgIpc) is 2.34. The van der Waals surface area contributed by atoms with Crippen molar-refractivity contribution in [3.05, 3.63) is 57.2 Å².